The Morgan fingerprint density at radius 1 is 1.44 bits per heavy atom. The van der Waals surface area contributed by atoms with E-state index in [0.717, 1.165) is 37.3 Å². The maximum absolute atomic E-state index is 5.62. The van der Waals surface area contributed by atoms with Crippen molar-refractivity contribution in [1.29, 1.82) is 0 Å². The van der Waals surface area contributed by atoms with Crippen LogP contribution >= 0.6 is 0 Å². The molecule has 0 spiro atoms. The maximum Gasteiger partial charge on any atom is 0.179 e. The highest BCUT2D eigenvalue weighted by atomic mass is 16.5. The normalized spacial score (nSPS) is 12.9. The van der Waals surface area contributed by atoms with Crippen LogP contribution < -0.4 is 5.73 Å². The fourth-order valence-electron chi connectivity index (χ4n) is 1.59. The first-order valence-electron chi connectivity index (χ1n) is 6.04. The lowest BCUT2D eigenvalue weighted by Crippen LogP contribution is -2.06. The number of rotatable bonds is 8. The van der Waals surface area contributed by atoms with Crippen molar-refractivity contribution in [3.8, 4) is 0 Å². The number of aryl methyl sites for hydroxylation is 1. The average molecular weight is 226 g/mol. The van der Waals surface area contributed by atoms with Crippen LogP contribution in [0.25, 0.3) is 0 Å². The molecule has 92 valence electrons. The van der Waals surface area contributed by atoms with Crippen LogP contribution in [0.15, 0.2) is 0 Å². The first-order chi connectivity index (χ1) is 7.81. The smallest absolute Gasteiger partial charge is 0.179 e. The van der Waals surface area contributed by atoms with E-state index in [1.54, 1.807) is 0 Å². The van der Waals surface area contributed by atoms with Crippen LogP contribution in [0.4, 0.5) is 0 Å². The second-order valence-electron chi connectivity index (χ2n) is 3.77. The molecule has 0 radical (unpaired) electrons. The molecular formula is C11H22N4O. The van der Waals surface area contributed by atoms with Crippen molar-refractivity contribution in [2.75, 3.05) is 13.2 Å². The first-order valence-corrected chi connectivity index (χ1v) is 6.04. The molecule has 5 nitrogen and oxygen atoms in total. The van der Waals surface area contributed by atoms with Gasteiger partial charge in [0.05, 0.1) is 0 Å². The molecule has 0 amide bonds. The van der Waals surface area contributed by atoms with Crippen molar-refractivity contribution >= 4 is 0 Å². The van der Waals surface area contributed by atoms with E-state index in [4.69, 9.17) is 10.5 Å². The summed E-state index contributed by atoms with van der Waals surface area (Å²) in [6.07, 6.45) is 3.84. The molecule has 0 saturated carbocycles. The van der Waals surface area contributed by atoms with Crippen molar-refractivity contribution in [2.24, 2.45) is 5.73 Å². The number of hydrogen-bond acceptors (Lipinski definition) is 4. The standard InChI is InChI=1S/C11H22N4O/c1-3-6-9(16-4-2)11-13-10(14-15-11)7-5-8-12/h9H,3-8,12H2,1-2H3,(H,13,14,15). The van der Waals surface area contributed by atoms with Gasteiger partial charge in [0.25, 0.3) is 0 Å². The number of nitrogens with one attached hydrogen (secondary N) is 1. The van der Waals surface area contributed by atoms with Crippen molar-refractivity contribution in [3.63, 3.8) is 0 Å². The topological polar surface area (TPSA) is 76.8 Å². The number of aromatic amines is 1. The molecule has 1 unspecified atom stereocenters. The molecule has 0 bridgehead atoms. The Morgan fingerprint density at radius 2 is 2.25 bits per heavy atom. The summed E-state index contributed by atoms with van der Waals surface area (Å²) in [7, 11) is 0. The second kappa shape index (κ2) is 7.35. The van der Waals surface area contributed by atoms with Gasteiger partial charge >= 0.3 is 0 Å². The van der Waals surface area contributed by atoms with Gasteiger partial charge in [-0.1, -0.05) is 13.3 Å². The van der Waals surface area contributed by atoms with Crippen LogP contribution in [0.2, 0.25) is 0 Å². The molecule has 3 N–H and O–H groups in total. The Morgan fingerprint density at radius 3 is 2.88 bits per heavy atom. The average Bonchev–Trinajstić information content (AvgIpc) is 2.74. The van der Waals surface area contributed by atoms with E-state index in [0.29, 0.717) is 13.2 Å². The molecule has 0 saturated heterocycles. The third kappa shape index (κ3) is 3.90. The third-order valence-corrected chi connectivity index (χ3v) is 2.37. The van der Waals surface area contributed by atoms with Crippen molar-refractivity contribution in [1.82, 2.24) is 15.2 Å². The van der Waals surface area contributed by atoms with Gasteiger partial charge < -0.3 is 10.5 Å². The molecular weight excluding hydrogens is 204 g/mol. The quantitative estimate of drug-likeness (QED) is 0.705. The molecule has 0 aliphatic heterocycles. The molecule has 0 aliphatic rings. The van der Waals surface area contributed by atoms with Crippen LogP contribution in [0, 0.1) is 0 Å². The number of nitrogens with two attached hydrogens (primary N) is 1. The van der Waals surface area contributed by atoms with E-state index in [9.17, 15) is 0 Å². The number of aromatic nitrogens is 3. The lowest BCUT2D eigenvalue weighted by Gasteiger charge is -2.11. The predicted molar refractivity (Wildman–Crippen MR) is 63.0 cm³/mol. The highest BCUT2D eigenvalue weighted by Crippen LogP contribution is 2.19. The Kier molecular flexibility index (Phi) is 6.03. The summed E-state index contributed by atoms with van der Waals surface area (Å²) in [6.45, 7) is 5.50. The number of ether oxygens (including phenoxy) is 1. The molecule has 1 heterocycles. The molecule has 0 fully saturated rings. The van der Waals surface area contributed by atoms with Crippen LogP contribution in [-0.4, -0.2) is 28.3 Å². The highest BCUT2D eigenvalue weighted by Gasteiger charge is 2.15. The second-order valence-corrected chi connectivity index (χ2v) is 3.77. The van der Waals surface area contributed by atoms with Crippen LogP contribution in [0.5, 0.6) is 0 Å². The Labute approximate surface area is 96.8 Å². The number of hydrogen-bond donors (Lipinski definition) is 2. The lowest BCUT2D eigenvalue weighted by molar-refractivity contribution is 0.0496. The number of nitrogens with zero attached hydrogens (tertiary/aromatic N) is 2. The number of H-pyrrole nitrogens is 1. The molecule has 5 heteroatoms. The van der Waals surface area contributed by atoms with Gasteiger partial charge in [-0.25, -0.2) is 4.98 Å². The van der Waals surface area contributed by atoms with E-state index in [2.05, 4.69) is 22.1 Å². The van der Waals surface area contributed by atoms with Gasteiger partial charge in [-0.15, -0.1) is 0 Å². The molecule has 1 rings (SSSR count). The zero-order valence-electron chi connectivity index (χ0n) is 10.2. The molecule has 0 aliphatic carbocycles. The summed E-state index contributed by atoms with van der Waals surface area (Å²) in [5.41, 5.74) is 5.45. The summed E-state index contributed by atoms with van der Waals surface area (Å²) in [5, 5.41) is 7.15. The lowest BCUT2D eigenvalue weighted by atomic mass is 10.2. The SMILES string of the molecule is CCCC(OCC)c1n[nH]c(CCCN)n1. The summed E-state index contributed by atoms with van der Waals surface area (Å²) in [6, 6.07) is 0. The monoisotopic (exact) mass is 226 g/mol. The van der Waals surface area contributed by atoms with Gasteiger partial charge in [0.15, 0.2) is 5.82 Å². The third-order valence-electron chi connectivity index (χ3n) is 2.37. The summed E-state index contributed by atoms with van der Waals surface area (Å²) < 4.78 is 5.62. The fraction of sp³-hybridized carbons (Fsp3) is 0.818. The van der Waals surface area contributed by atoms with E-state index >= 15 is 0 Å². The summed E-state index contributed by atoms with van der Waals surface area (Å²) in [4.78, 5) is 4.44. The Balaban J connectivity index is 2.58. The minimum atomic E-state index is 0.0258. The zero-order chi connectivity index (χ0) is 11.8. The minimum absolute atomic E-state index is 0.0258. The van der Waals surface area contributed by atoms with Crippen molar-refractivity contribution in [2.45, 2.75) is 45.6 Å². The summed E-state index contributed by atoms with van der Waals surface area (Å²) in [5.74, 6) is 1.68. The van der Waals surface area contributed by atoms with Gasteiger partial charge in [-0.05, 0) is 26.3 Å². The first kappa shape index (κ1) is 13.1. The van der Waals surface area contributed by atoms with Gasteiger partial charge in [0, 0.05) is 13.0 Å². The molecule has 1 aromatic heterocycles. The Hall–Kier alpha value is -0.940. The highest BCUT2D eigenvalue weighted by molar-refractivity contribution is 4.94. The van der Waals surface area contributed by atoms with Gasteiger partial charge in [0.1, 0.15) is 11.9 Å². The van der Waals surface area contributed by atoms with Crippen LogP contribution in [0.1, 0.15) is 50.9 Å². The predicted octanol–water partition coefficient (Wildman–Crippen LogP) is 1.57. The van der Waals surface area contributed by atoms with Gasteiger partial charge in [-0.3, -0.25) is 5.10 Å². The van der Waals surface area contributed by atoms with E-state index in [1.165, 1.54) is 0 Å². The molecule has 1 atom stereocenters. The van der Waals surface area contributed by atoms with Crippen molar-refractivity contribution in [3.05, 3.63) is 11.6 Å². The van der Waals surface area contributed by atoms with Crippen molar-refractivity contribution < 1.29 is 4.74 Å². The largest absolute Gasteiger partial charge is 0.370 e. The molecule has 0 aromatic carbocycles. The minimum Gasteiger partial charge on any atom is -0.370 e. The van der Waals surface area contributed by atoms with Crippen LogP contribution in [0.3, 0.4) is 0 Å². The van der Waals surface area contributed by atoms with E-state index in [1.807, 2.05) is 6.92 Å². The summed E-state index contributed by atoms with van der Waals surface area (Å²) >= 11 is 0. The van der Waals surface area contributed by atoms with Gasteiger partial charge in [0.2, 0.25) is 0 Å². The van der Waals surface area contributed by atoms with E-state index < -0.39 is 0 Å². The maximum atomic E-state index is 5.62. The zero-order valence-corrected chi connectivity index (χ0v) is 10.2. The Bertz CT molecular complexity index is 281. The van der Waals surface area contributed by atoms with Crippen LogP contribution in [-0.2, 0) is 11.2 Å². The molecule has 16 heavy (non-hydrogen) atoms. The van der Waals surface area contributed by atoms with Gasteiger partial charge in [-0.2, -0.15) is 5.10 Å². The molecule has 1 aromatic rings. The fourth-order valence-corrected chi connectivity index (χ4v) is 1.59. The van der Waals surface area contributed by atoms with E-state index in [-0.39, 0.29) is 6.10 Å².